The van der Waals surface area contributed by atoms with Gasteiger partial charge in [0.1, 0.15) is 0 Å². The molecular formula is C28H24N4O. The summed E-state index contributed by atoms with van der Waals surface area (Å²) < 4.78 is 2.14. The zero-order chi connectivity index (χ0) is 22.9. The molecule has 0 fully saturated rings. The lowest BCUT2D eigenvalue weighted by molar-refractivity contribution is 0.0956. The number of hydrazone groups is 1. The van der Waals surface area contributed by atoms with Gasteiger partial charge in [0.25, 0.3) is 5.91 Å². The number of hydrogen-bond donors (Lipinski definition) is 1. The second-order valence-electron chi connectivity index (χ2n) is 8.22. The van der Waals surface area contributed by atoms with Crippen LogP contribution >= 0.6 is 0 Å². The van der Waals surface area contributed by atoms with Crippen LogP contribution in [0.2, 0.25) is 0 Å². The van der Waals surface area contributed by atoms with Crippen molar-refractivity contribution in [3.05, 3.63) is 101 Å². The number of amides is 1. The fourth-order valence-corrected chi connectivity index (χ4v) is 4.21. The summed E-state index contributed by atoms with van der Waals surface area (Å²) in [7, 11) is 2.04. The van der Waals surface area contributed by atoms with Crippen molar-refractivity contribution in [2.45, 2.75) is 13.8 Å². The second-order valence-corrected chi connectivity index (χ2v) is 8.22. The van der Waals surface area contributed by atoms with Gasteiger partial charge in [-0.1, -0.05) is 60.2 Å². The first-order chi connectivity index (χ1) is 16.0. The predicted molar refractivity (Wildman–Crippen MR) is 135 cm³/mol. The van der Waals surface area contributed by atoms with Gasteiger partial charge >= 0.3 is 0 Å². The molecule has 0 unspecified atom stereocenters. The van der Waals surface area contributed by atoms with Crippen molar-refractivity contribution in [2.75, 3.05) is 0 Å². The molecule has 1 amide bonds. The van der Waals surface area contributed by atoms with Gasteiger partial charge in [-0.15, -0.1) is 0 Å². The zero-order valence-electron chi connectivity index (χ0n) is 18.8. The number of aryl methyl sites for hydroxylation is 2. The van der Waals surface area contributed by atoms with Crippen molar-refractivity contribution in [1.29, 1.82) is 0 Å². The Morgan fingerprint density at radius 1 is 0.939 bits per heavy atom. The van der Waals surface area contributed by atoms with E-state index in [0.29, 0.717) is 5.56 Å². The van der Waals surface area contributed by atoms with E-state index < -0.39 is 0 Å². The lowest BCUT2D eigenvalue weighted by atomic mass is 10.0. The molecule has 0 radical (unpaired) electrons. The molecule has 5 nitrogen and oxygen atoms in total. The molecule has 0 saturated heterocycles. The second kappa shape index (κ2) is 8.36. The maximum absolute atomic E-state index is 13.2. The molecule has 0 spiro atoms. The Morgan fingerprint density at radius 2 is 1.70 bits per heavy atom. The average molecular weight is 433 g/mol. The van der Waals surface area contributed by atoms with Crippen LogP contribution in [-0.2, 0) is 7.05 Å². The standard InChI is InChI=1S/C28H24N4O/c1-18-13-14-27-22(15-18)24(19(2)32(27)3)17-29-31-28(33)23-16-26(20-9-5-4-6-10-20)30-25-12-8-7-11-21(23)25/h4-17H,1-3H3,(H,31,33)/b29-17+. The molecule has 0 aliphatic heterocycles. The Balaban J connectivity index is 1.50. The van der Waals surface area contributed by atoms with Crippen LogP contribution in [0.3, 0.4) is 0 Å². The normalized spacial score (nSPS) is 11.5. The van der Waals surface area contributed by atoms with E-state index in [9.17, 15) is 4.79 Å². The van der Waals surface area contributed by atoms with Crippen molar-refractivity contribution >= 4 is 33.9 Å². The number of benzene rings is 3. The summed E-state index contributed by atoms with van der Waals surface area (Å²) >= 11 is 0. The van der Waals surface area contributed by atoms with E-state index in [1.165, 1.54) is 5.56 Å². The smallest absolute Gasteiger partial charge is 0.272 e. The van der Waals surface area contributed by atoms with Crippen LogP contribution in [0.15, 0.2) is 84.0 Å². The number of carbonyl (C=O) groups is 1. The zero-order valence-corrected chi connectivity index (χ0v) is 18.8. The molecule has 33 heavy (non-hydrogen) atoms. The summed E-state index contributed by atoms with van der Waals surface area (Å²) in [4.78, 5) is 17.9. The number of rotatable bonds is 4. The first kappa shape index (κ1) is 20.6. The maximum atomic E-state index is 13.2. The van der Waals surface area contributed by atoms with E-state index in [-0.39, 0.29) is 5.91 Å². The predicted octanol–water partition coefficient (Wildman–Crippen LogP) is 5.77. The van der Waals surface area contributed by atoms with Gasteiger partial charge in [0.15, 0.2) is 0 Å². The largest absolute Gasteiger partial charge is 0.347 e. The number of pyridine rings is 1. The van der Waals surface area contributed by atoms with Crippen molar-refractivity contribution in [1.82, 2.24) is 15.0 Å². The summed E-state index contributed by atoms with van der Waals surface area (Å²) in [5.41, 5.74) is 10.2. The highest BCUT2D eigenvalue weighted by atomic mass is 16.2. The number of para-hydroxylation sites is 1. The van der Waals surface area contributed by atoms with Gasteiger partial charge in [0.05, 0.1) is 23.0 Å². The van der Waals surface area contributed by atoms with Crippen LogP contribution in [0.25, 0.3) is 33.1 Å². The highest BCUT2D eigenvalue weighted by Crippen LogP contribution is 2.26. The number of carbonyl (C=O) groups excluding carboxylic acids is 1. The molecule has 5 rings (SSSR count). The van der Waals surface area contributed by atoms with Gasteiger partial charge in [0, 0.05) is 40.2 Å². The Hall–Kier alpha value is -4.25. The molecule has 0 bridgehead atoms. The van der Waals surface area contributed by atoms with Gasteiger partial charge in [-0.25, -0.2) is 10.4 Å². The van der Waals surface area contributed by atoms with E-state index in [0.717, 1.165) is 44.3 Å². The summed E-state index contributed by atoms with van der Waals surface area (Å²) in [5.74, 6) is -0.267. The fraction of sp³-hybridized carbons (Fsp3) is 0.107. The minimum atomic E-state index is -0.267. The van der Waals surface area contributed by atoms with Crippen molar-refractivity contribution in [3.8, 4) is 11.3 Å². The quantitative estimate of drug-likeness (QED) is 0.289. The number of fused-ring (bicyclic) bond motifs is 2. The lowest BCUT2D eigenvalue weighted by Crippen LogP contribution is -2.18. The van der Waals surface area contributed by atoms with Crippen molar-refractivity contribution < 1.29 is 4.79 Å². The molecular weight excluding hydrogens is 408 g/mol. The molecule has 2 aromatic heterocycles. The first-order valence-electron chi connectivity index (χ1n) is 10.9. The van der Waals surface area contributed by atoms with Crippen LogP contribution in [-0.4, -0.2) is 21.7 Å². The van der Waals surface area contributed by atoms with Crippen molar-refractivity contribution in [2.24, 2.45) is 12.1 Å². The van der Waals surface area contributed by atoms with Gasteiger partial charge < -0.3 is 4.57 Å². The molecule has 0 atom stereocenters. The lowest BCUT2D eigenvalue weighted by Gasteiger charge is -2.09. The Labute approximate surface area is 192 Å². The topological polar surface area (TPSA) is 59.3 Å². The highest BCUT2D eigenvalue weighted by molar-refractivity contribution is 6.08. The third kappa shape index (κ3) is 3.78. The molecule has 5 heteroatoms. The number of aromatic nitrogens is 2. The Morgan fingerprint density at radius 3 is 2.52 bits per heavy atom. The van der Waals surface area contributed by atoms with Crippen LogP contribution in [0.1, 0.15) is 27.2 Å². The van der Waals surface area contributed by atoms with Gasteiger partial charge in [0.2, 0.25) is 0 Å². The van der Waals surface area contributed by atoms with Crippen LogP contribution in [0.5, 0.6) is 0 Å². The molecule has 0 aliphatic carbocycles. The molecule has 0 saturated carbocycles. The van der Waals surface area contributed by atoms with E-state index >= 15 is 0 Å². The van der Waals surface area contributed by atoms with E-state index in [4.69, 9.17) is 4.98 Å². The fourth-order valence-electron chi connectivity index (χ4n) is 4.21. The summed E-state index contributed by atoms with van der Waals surface area (Å²) in [6.07, 6.45) is 1.73. The summed E-state index contributed by atoms with van der Waals surface area (Å²) in [5, 5.41) is 6.24. The van der Waals surface area contributed by atoms with Crippen LogP contribution in [0, 0.1) is 13.8 Å². The highest BCUT2D eigenvalue weighted by Gasteiger charge is 2.14. The van der Waals surface area contributed by atoms with E-state index in [2.05, 4.69) is 47.1 Å². The number of hydrogen-bond acceptors (Lipinski definition) is 3. The van der Waals surface area contributed by atoms with E-state index in [1.54, 1.807) is 6.21 Å². The molecule has 1 N–H and O–H groups in total. The van der Waals surface area contributed by atoms with Gasteiger partial charge in [-0.2, -0.15) is 5.10 Å². The molecule has 0 aliphatic rings. The summed E-state index contributed by atoms with van der Waals surface area (Å²) in [6.45, 7) is 4.13. The first-order valence-corrected chi connectivity index (χ1v) is 10.9. The number of nitrogens with zero attached hydrogens (tertiary/aromatic N) is 3. The van der Waals surface area contributed by atoms with Crippen LogP contribution < -0.4 is 5.43 Å². The third-order valence-electron chi connectivity index (χ3n) is 6.09. The van der Waals surface area contributed by atoms with Crippen molar-refractivity contribution in [3.63, 3.8) is 0 Å². The molecule has 5 aromatic rings. The van der Waals surface area contributed by atoms with Crippen LogP contribution in [0.4, 0.5) is 0 Å². The Bertz CT molecular complexity index is 1530. The molecule has 162 valence electrons. The third-order valence-corrected chi connectivity index (χ3v) is 6.09. The molecule has 2 heterocycles. The maximum Gasteiger partial charge on any atom is 0.272 e. The van der Waals surface area contributed by atoms with E-state index in [1.807, 2.05) is 67.7 Å². The SMILES string of the molecule is Cc1ccc2c(c1)c(/C=N/NC(=O)c1cc(-c3ccccc3)nc3ccccc13)c(C)n2C. The minimum Gasteiger partial charge on any atom is -0.347 e. The number of nitrogens with one attached hydrogen (secondary N) is 1. The Kier molecular flexibility index (Phi) is 5.23. The monoisotopic (exact) mass is 432 g/mol. The minimum absolute atomic E-state index is 0.267. The van der Waals surface area contributed by atoms with Gasteiger partial charge in [-0.05, 0) is 38.1 Å². The summed E-state index contributed by atoms with van der Waals surface area (Å²) in [6, 6.07) is 25.7. The average Bonchev–Trinajstić information content (AvgIpc) is 3.07. The van der Waals surface area contributed by atoms with Gasteiger partial charge in [-0.3, -0.25) is 4.79 Å². The molecule has 3 aromatic carbocycles.